The largest absolute Gasteiger partial charge is 0.396 e. The summed E-state index contributed by atoms with van der Waals surface area (Å²) in [6.45, 7) is 0. The molecule has 0 atom stereocenters. The molecule has 0 aliphatic heterocycles. The van der Waals surface area contributed by atoms with E-state index in [1.54, 1.807) is 6.07 Å². The van der Waals surface area contributed by atoms with Gasteiger partial charge in [-0.2, -0.15) is 0 Å². The average Bonchev–Trinajstić information content (AvgIpc) is 2.33. The molecular weight excluding hydrogens is 223 g/mol. The van der Waals surface area contributed by atoms with Crippen molar-refractivity contribution in [3.05, 3.63) is 48.3 Å². The van der Waals surface area contributed by atoms with Gasteiger partial charge in [0.05, 0.1) is 23.8 Å². The highest BCUT2D eigenvalue weighted by Crippen LogP contribution is 2.15. The van der Waals surface area contributed by atoms with Crippen LogP contribution in [-0.2, 0) is 0 Å². The van der Waals surface area contributed by atoms with Crippen LogP contribution in [0, 0.1) is 5.82 Å². The molecule has 2 heterocycles. The Labute approximate surface area is 96.5 Å². The Kier molecular flexibility index (Phi) is 2.95. The molecule has 2 aromatic rings. The van der Waals surface area contributed by atoms with Gasteiger partial charge in [0.1, 0.15) is 11.5 Å². The van der Waals surface area contributed by atoms with Crippen molar-refractivity contribution >= 4 is 17.3 Å². The van der Waals surface area contributed by atoms with E-state index in [0.717, 1.165) is 12.3 Å². The van der Waals surface area contributed by atoms with E-state index in [4.69, 9.17) is 5.73 Å². The van der Waals surface area contributed by atoms with E-state index in [2.05, 4.69) is 15.3 Å². The summed E-state index contributed by atoms with van der Waals surface area (Å²) < 4.78 is 12.6. The molecule has 6 heteroatoms. The summed E-state index contributed by atoms with van der Waals surface area (Å²) >= 11 is 0. The van der Waals surface area contributed by atoms with Crippen LogP contribution in [0.5, 0.6) is 0 Å². The quantitative estimate of drug-likeness (QED) is 0.821. The van der Waals surface area contributed by atoms with E-state index >= 15 is 0 Å². The molecule has 0 aromatic carbocycles. The molecule has 0 radical (unpaired) electrons. The van der Waals surface area contributed by atoms with Gasteiger partial charge in [-0.3, -0.25) is 9.78 Å². The second-order valence-corrected chi connectivity index (χ2v) is 3.28. The van der Waals surface area contributed by atoms with Gasteiger partial charge in [-0.15, -0.1) is 0 Å². The van der Waals surface area contributed by atoms with Crippen LogP contribution >= 0.6 is 0 Å². The van der Waals surface area contributed by atoms with Gasteiger partial charge >= 0.3 is 0 Å². The number of nitrogen functional groups attached to an aromatic ring is 1. The molecule has 0 fully saturated rings. The van der Waals surface area contributed by atoms with Crippen LogP contribution in [0.3, 0.4) is 0 Å². The SMILES string of the molecule is Nc1cnccc1NC(=O)c1ccc(F)cn1. The molecule has 0 aliphatic rings. The van der Waals surface area contributed by atoms with Gasteiger partial charge in [-0.1, -0.05) is 0 Å². The fraction of sp³-hybridized carbons (Fsp3) is 0. The number of carbonyl (C=O) groups excluding carboxylic acids is 1. The molecule has 1 amide bonds. The lowest BCUT2D eigenvalue weighted by Crippen LogP contribution is -2.14. The Hall–Kier alpha value is -2.50. The first-order chi connectivity index (χ1) is 8.16. The van der Waals surface area contributed by atoms with Crippen LogP contribution in [0.1, 0.15) is 10.5 Å². The number of nitrogens with two attached hydrogens (primary N) is 1. The lowest BCUT2D eigenvalue weighted by atomic mass is 10.3. The summed E-state index contributed by atoms with van der Waals surface area (Å²) in [6.07, 6.45) is 3.91. The molecular formula is C11H9FN4O. The summed E-state index contributed by atoms with van der Waals surface area (Å²) in [5.41, 5.74) is 6.52. The van der Waals surface area contributed by atoms with Crippen LogP contribution in [-0.4, -0.2) is 15.9 Å². The molecule has 3 N–H and O–H groups in total. The average molecular weight is 232 g/mol. The number of anilines is 2. The van der Waals surface area contributed by atoms with Crippen molar-refractivity contribution in [2.24, 2.45) is 0 Å². The Morgan fingerprint density at radius 1 is 1.29 bits per heavy atom. The van der Waals surface area contributed by atoms with E-state index in [9.17, 15) is 9.18 Å². The first-order valence-corrected chi connectivity index (χ1v) is 4.79. The maximum atomic E-state index is 12.6. The van der Waals surface area contributed by atoms with Gasteiger partial charge in [0.2, 0.25) is 0 Å². The molecule has 0 spiro atoms. The molecule has 2 rings (SSSR count). The van der Waals surface area contributed by atoms with Gasteiger partial charge in [0.25, 0.3) is 5.91 Å². The van der Waals surface area contributed by atoms with E-state index in [1.165, 1.54) is 18.5 Å². The van der Waals surface area contributed by atoms with Gasteiger partial charge < -0.3 is 11.1 Å². The highest BCUT2D eigenvalue weighted by Gasteiger charge is 2.09. The van der Waals surface area contributed by atoms with E-state index < -0.39 is 11.7 Å². The molecule has 0 unspecified atom stereocenters. The molecule has 86 valence electrons. The summed E-state index contributed by atoms with van der Waals surface area (Å²) in [4.78, 5) is 19.2. The molecule has 0 saturated heterocycles. The number of amides is 1. The molecule has 5 nitrogen and oxygen atoms in total. The fourth-order valence-corrected chi connectivity index (χ4v) is 1.22. The Balaban J connectivity index is 2.17. The molecule has 0 saturated carbocycles. The minimum Gasteiger partial charge on any atom is -0.396 e. The Bertz CT molecular complexity index is 541. The highest BCUT2D eigenvalue weighted by molar-refractivity contribution is 6.04. The minimum absolute atomic E-state index is 0.114. The van der Waals surface area contributed by atoms with E-state index in [1.807, 2.05) is 0 Å². The summed E-state index contributed by atoms with van der Waals surface area (Å²) in [7, 11) is 0. The number of halogens is 1. The number of nitrogens with one attached hydrogen (secondary N) is 1. The number of aromatic nitrogens is 2. The second kappa shape index (κ2) is 4.56. The maximum Gasteiger partial charge on any atom is 0.274 e. The maximum absolute atomic E-state index is 12.6. The van der Waals surface area contributed by atoms with Gasteiger partial charge in [0.15, 0.2) is 0 Å². The zero-order valence-corrected chi connectivity index (χ0v) is 8.72. The third-order valence-corrected chi connectivity index (χ3v) is 2.06. The summed E-state index contributed by atoms with van der Waals surface area (Å²) in [6, 6.07) is 4.02. The fourth-order valence-electron chi connectivity index (χ4n) is 1.22. The number of hydrogen-bond donors (Lipinski definition) is 2. The van der Waals surface area contributed by atoms with Crippen LogP contribution in [0.25, 0.3) is 0 Å². The topological polar surface area (TPSA) is 80.9 Å². The summed E-state index contributed by atoms with van der Waals surface area (Å²) in [5.74, 6) is -0.951. The van der Waals surface area contributed by atoms with Crippen molar-refractivity contribution in [1.29, 1.82) is 0 Å². The van der Waals surface area contributed by atoms with Gasteiger partial charge in [-0.05, 0) is 18.2 Å². The Morgan fingerprint density at radius 3 is 2.76 bits per heavy atom. The van der Waals surface area contributed by atoms with Crippen molar-refractivity contribution in [2.75, 3.05) is 11.1 Å². The molecule has 2 aromatic heterocycles. The van der Waals surface area contributed by atoms with E-state index in [0.29, 0.717) is 11.4 Å². The Morgan fingerprint density at radius 2 is 2.12 bits per heavy atom. The van der Waals surface area contributed by atoms with Gasteiger partial charge in [-0.25, -0.2) is 9.37 Å². The number of carbonyl (C=O) groups is 1. The van der Waals surface area contributed by atoms with Crippen molar-refractivity contribution in [3.8, 4) is 0 Å². The predicted molar refractivity (Wildman–Crippen MR) is 60.8 cm³/mol. The lowest BCUT2D eigenvalue weighted by molar-refractivity contribution is 0.102. The minimum atomic E-state index is -0.495. The zero-order chi connectivity index (χ0) is 12.3. The molecule has 17 heavy (non-hydrogen) atoms. The monoisotopic (exact) mass is 232 g/mol. The highest BCUT2D eigenvalue weighted by atomic mass is 19.1. The predicted octanol–water partition coefficient (Wildman–Crippen LogP) is 1.45. The molecule has 0 aliphatic carbocycles. The number of pyridine rings is 2. The standard InChI is InChI=1S/C11H9FN4O/c12-7-1-2-10(15-5-7)11(17)16-9-3-4-14-6-8(9)13/h1-6H,13H2,(H,14,16,17). The van der Waals surface area contributed by atoms with Crippen molar-refractivity contribution in [1.82, 2.24) is 9.97 Å². The third-order valence-electron chi connectivity index (χ3n) is 2.06. The van der Waals surface area contributed by atoms with Crippen molar-refractivity contribution in [3.63, 3.8) is 0 Å². The first kappa shape index (κ1) is 11.0. The number of hydrogen-bond acceptors (Lipinski definition) is 4. The third kappa shape index (κ3) is 2.54. The second-order valence-electron chi connectivity index (χ2n) is 3.28. The van der Waals surface area contributed by atoms with Crippen LogP contribution in [0.4, 0.5) is 15.8 Å². The number of nitrogens with zero attached hydrogens (tertiary/aromatic N) is 2. The first-order valence-electron chi connectivity index (χ1n) is 4.79. The van der Waals surface area contributed by atoms with Crippen LogP contribution < -0.4 is 11.1 Å². The number of rotatable bonds is 2. The zero-order valence-electron chi connectivity index (χ0n) is 8.72. The summed E-state index contributed by atoms with van der Waals surface area (Å²) in [5, 5.41) is 2.56. The van der Waals surface area contributed by atoms with E-state index in [-0.39, 0.29) is 5.69 Å². The van der Waals surface area contributed by atoms with Crippen molar-refractivity contribution in [2.45, 2.75) is 0 Å². The van der Waals surface area contributed by atoms with Crippen molar-refractivity contribution < 1.29 is 9.18 Å². The van der Waals surface area contributed by atoms with Gasteiger partial charge in [0, 0.05) is 6.20 Å². The molecule has 0 bridgehead atoms. The smallest absolute Gasteiger partial charge is 0.274 e. The van der Waals surface area contributed by atoms with Crippen LogP contribution in [0.15, 0.2) is 36.8 Å². The lowest BCUT2D eigenvalue weighted by Gasteiger charge is -2.06. The van der Waals surface area contributed by atoms with Crippen LogP contribution in [0.2, 0.25) is 0 Å². The normalized spacial score (nSPS) is 9.94.